The number of hydrogen-bond acceptors (Lipinski definition) is 4. The molecule has 0 saturated heterocycles. The van der Waals surface area contributed by atoms with Crippen LogP contribution in [0.5, 0.6) is 0 Å². The Morgan fingerprint density at radius 1 is 0.200 bits per heavy atom. The minimum absolute atomic E-state index is 1.24. The molecule has 12 aromatic carbocycles. The summed E-state index contributed by atoms with van der Waals surface area (Å²) in [6.07, 6.45) is 0. The van der Waals surface area contributed by atoms with Gasteiger partial charge in [-0.3, -0.25) is 0 Å². The molecule has 0 aliphatic rings. The van der Waals surface area contributed by atoms with Crippen LogP contribution in [0, 0.1) is 0 Å². The van der Waals surface area contributed by atoms with Gasteiger partial charge in [0.2, 0.25) is 0 Å². The molecule has 0 N–H and O–H groups in total. The van der Waals surface area contributed by atoms with Crippen LogP contribution in [0.25, 0.3) is 158 Å². The van der Waals surface area contributed by atoms with Crippen LogP contribution < -0.4 is 0 Å². The standard InChI is InChI=1S/C66H36S4/c1-2-20-45-39(15-1)40-34-33-37(38-21-11-22-46-41-16-3-7-29-56(41)67-63(38)46)35-53(40)55-36-54(50-26-12-23-47-42-17-4-8-30-57(42)68-64(47)50)61(51-27-13-24-48-43-18-5-9-31-58(43)69-65(48)51)62(60(45)55)52-28-14-25-49-44-19-6-10-32-59(44)70-66(49)52/h1-36H. The quantitative estimate of drug-likeness (QED) is 0.154. The Bertz CT molecular complexity index is 4900. The highest BCUT2D eigenvalue weighted by atomic mass is 32.1. The average molecular weight is 957 g/mol. The van der Waals surface area contributed by atoms with Crippen molar-refractivity contribution in [3.63, 3.8) is 0 Å². The maximum atomic E-state index is 2.60. The van der Waals surface area contributed by atoms with E-state index in [-0.39, 0.29) is 0 Å². The number of fused-ring (bicyclic) bond motifs is 18. The molecule has 0 nitrogen and oxygen atoms in total. The van der Waals surface area contributed by atoms with Crippen molar-refractivity contribution in [2.45, 2.75) is 0 Å². The van der Waals surface area contributed by atoms with Gasteiger partial charge in [-0.2, -0.15) is 0 Å². The third kappa shape index (κ3) is 5.50. The van der Waals surface area contributed by atoms with E-state index in [0.717, 1.165) is 0 Å². The smallest absolute Gasteiger partial charge is 0.0434 e. The van der Waals surface area contributed by atoms with Gasteiger partial charge in [0.05, 0.1) is 0 Å². The van der Waals surface area contributed by atoms with Crippen molar-refractivity contribution in [3.8, 4) is 44.5 Å². The number of rotatable bonds is 4. The zero-order chi connectivity index (χ0) is 45.6. The first-order valence-corrected chi connectivity index (χ1v) is 27.1. The molecule has 0 bridgehead atoms. The molecule has 4 heterocycles. The lowest BCUT2D eigenvalue weighted by Crippen LogP contribution is -1.96. The number of hydrogen-bond donors (Lipinski definition) is 0. The van der Waals surface area contributed by atoms with Gasteiger partial charge in [0.15, 0.2) is 0 Å². The summed E-state index contributed by atoms with van der Waals surface area (Å²) in [6.45, 7) is 0. The molecule has 0 radical (unpaired) electrons. The molecule has 4 heteroatoms. The van der Waals surface area contributed by atoms with Gasteiger partial charge in [0, 0.05) is 103 Å². The van der Waals surface area contributed by atoms with Gasteiger partial charge in [-0.05, 0) is 91.0 Å². The van der Waals surface area contributed by atoms with E-state index in [1.807, 2.05) is 45.3 Å². The van der Waals surface area contributed by atoms with Crippen molar-refractivity contribution < 1.29 is 0 Å². The van der Waals surface area contributed by atoms with Crippen molar-refractivity contribution in [1.82, 2.24) is 0 Å². The van der Waals surface area contributed by atoms with Crippen molar-refractivity contribution in [2.24, 2.45) is 0 Å². The van der Waals surface area contributed by atoms with E-state index in [1.165, 1.54) is 158 Å². The first kappa shape index (κ1) is 39.2. The highest BCUT2D eigenvalue weighted by molar-refractivity contribution is 7.27. The highest BCUT2D eigenvalue weighted by Gasteiger charge is 2.27. The molecule has 0 spiro atoms. The zero-order valence-electron chi connectivity index (χ0n) is 37.4. The van der Waals surface area contributed by atoms with E-state index in [0.29, 0.717) is 0 Å². The van der Waals surface area contributed by atoms with Crippen molar-refractivity contribution >= 4 is 158 Å². The Hall–Kier alpha value is -7.70. The summed E-state index contributed by atoms with van der Waals surface area (Å²) in [6, 6.07) is 82.8. The molecule has 0 fully saturated rings. The fourth-order valence-electron chi connectivity index (χ4n) is 11.9. The molecule has 0 saturated carbocycles. The third-order valence-corrected chi connectivity index (χ3v) is 19.8. The van der Waals surface area contributed by atoms with Crippen LogP contribution in [0.15, 0.2) is 218 Å². The lowest BCUT2D eigenvalue weighted by molar-refractivity contribution is 1.67. The molecule has 0 aliphatic carbocycles. The highest BCUT2D eigenvalue weighted by Crippen LogP contribution is 2.56. The van der Waals surface area contributed by atoms with Crippen LogP contribution >= 0.6 is 45.3 Å². The van der Waals surface area contributed by atoms with E-state index in [2.05, 4.69) is 218 Å². The Morgan fingerprint density at radius 3 is 1.09 bits per heavy atom. The number of thiophene rings is 4. The SMILES string of the molecule is c1ccc2c(c1)sc1c(-c3ccc4c5ccccc5c5c(-c6cccc7c6sc6ccccc67)c(-c6cccc7c6sc6ccccc67)c(-c6cccc7c6sc6ccccc67)cc5c4c3)cccc12. The second-order valence-electron chi connectivity index (χ2n) is 18.5. The lowest BCUT2D eigenvalue weighted by atomic mass is 9.80. The summed E-state index contributed by atoms with van der Waals surface area (Å²) >= 11 is 7.68. The largest absolute Gasteiger partial charge is 0.135 e. The fraction of sp³-hybridized carbons (Fsp3) is 0. The zero-order valence-corrected chi connectivity index (χ0v) is 40.7. The second kappa shape index (κ2) is 14.9. The summed E-state index contributed by atoms with van der Waals surface area (Å²) in [5, 5.41) is 18.1. The summed E-state index contributed by atoms with van der Waals surface area (Å²) in [7, 11) is 0. The van der Waals surface area contributed by atoms with Crippen molar-refractivity contribution in [3.05, 3.63) is 218 Å². The predicted molar refractivity (Wildman–Crippen MR) is 312 cm³/mol. The summed E-state index contributed by atoms with van der Waals surface area (Å²) in [5.41, 5.74) is 10.2. The molecule has 16 rings (SSSR count). The monoisotopic (exact) mass is 956 g/mol. The van der Waals surface area contributed by atoms with E-state index in [9.17, 15) is 0 Å². The number of benzene rings is 12. The van der Waals surface area contributed by atoms with Crippen LogP contribution in [0.1, 0.15) is 0 Å². The third-order valence-electron chi connectivity index (χ3n) is 14.9. The molecule has 4 aromatic heterocycles. The van der Waals surface area contributed by atoms with Gasteiger partial charge in [-0.25, -0.2) is 0 Å². The Kier molecular flexibility index (Phi) is 8.34. The second-order valence-corrected chi connectivity index (χ2v) is 22.7. The Balaban J connectivity index is 1.15. The van der Waals surface area contributed by atoms with Crippen molar-refractivity contribution in [1.29, 1.82) is 0 Å². The van der Waals surface area contributed by atoms with Gasteiger partial charge in [-0.1, -0.05) is 182 Å². The topological polar surface area (TPSA) is 0 Å². The van der Waals surface area contributed by atoms with Gasteiger partial charge in [0.25, 0.3) is 0 Å². The van der Waals surface area contributed by atoms with Crippen LogP contribution in [0.4, 0.5) is 0 Å². The molecular formula is C66H36S4. The molecule has 0 unspecified atom stereocenters. The van der Waals surface area contributed by atoms with Crippen LogP contribution in [0.2, 0.25) is 0 Å². The maximum Gasteiger partial charge on any atom is 0.0434 e. The summed E-state index contributed by atoms with van der Waals surface area (Å²) < 4.78 is 10.5. The maximum absolute atomic E-state index is 2.60. The predicted octanol–water partition coefficient (Wildman–Crippen LogP) is 21.3. The first-order chi connectivity index (χ1) is 34.7. The van der Waals surface area contributed by atoms with E-state index < -0.39 is 0 Å². The van der Waals surface area contributed by atoms with Crippen LogP contribution in [-0.2, 0) is 0 Å². The normalized spacial score (nSPS) is 12.3. The molecule has 0 aliphatic heterocycles. The van der Waals surface area contributed by atoms with Gasteiger partial charge < -0.3 is 0 Å². The Morgan fingerprint density at radius 2 is 0.571 bits per heavy atom. The van der Waals surface area contributed by atoms with Crippen LogP contribution in [0.3, 0.4) is 0 Å². The molecule has 0 amide bonds. The molecule has 70 heavy (non-hydrogen) atoms. The summed E-state index contributed by atoms with van der Waals surface area (Å²) in [4.78, 5) is 0. The molecular weight excluding hydrogens is 921 g/mol. The fourth-order valence-corrected chi connectivity index (χ4v) is 16.8. The minimum Gasteiger partial charge on any atom is -0.135 e. The van der Waals surface area contributed by atoms with E-state index >= 15 is 0 Å². The summed E-state index contributed by atoms with van der Waals surface area (Å²) in [5.74, 6) is 0. The van der Waals surface area contributed by atoms with Gasteiger partial charge in [0.1, 0.15) is 0 Å². The van der Waals surface area contributed by atoms with Gasteiger partial charge in [-0.15, -0.1) is 45.3 Å². The lowest BCUT2D eigenvalue weighted by Gasteiger charge is -2.23. The molecule has 0 atom stereocenters. The average Bonchev–Trinajstić information content (AvgIpc) is 4.21. The van der Waals surface area contributed by atoms with Gasteiger partial charge >= 0.3 is 0 Å². The van der Waals surface area contributed by atoms with E-state index in [4.69, 9.17) is 0 Å². The minimum atomic E-state index is 1.24. The Labute approximate surface area is 418 Å². The first-order valence-electron chi connectivity index (χ1n) is 23.8. The van der Waals surface area contributed by atoms with Crippen LogP contribution in [-0.4, -0.2) is 0 Å². The molecule has 16 aromatic rings. The van der Waals surface area contributed by atoms with Crippen molar-refractivity contribution in [2.75, 3.05) is 0 Å². The molecule has 324 valence electrons. The van der Waals surface area contributed by atoms with E-state index in [1.54, 1.807) is 0 Å².